The van der Waals surface area contributed by atoms with Crippen LogP contribution < -0.4 is 5.43 Å². The van der Waals surface area contributed by atoms with Gasteiger partial charge in [-0.25, -0.2) is 5.43 Å². The molecule has 1 aromatic heterocycles. The Balaban J connectivity index is 2.73. The maximum absolute atomic E-state index is 10.5. The Morgan fingerprint density at radius 1 is 1.46 bits per heavy atom. The van der Waals surface area contributed by atoms with Crippen molar-refractivity contribution in [2.24, 2.45) is 5.10 Å². The number of hydrogen-bond donors (Lipinski definition) is 1. The van der Waals surface area contributed by atoms with E-state index in [2.05, 4.69) is 15.5 Å². The molecule has 4 nitrogen and oxygen atoms in total. The van der Waals surface area contributed by atoms with Crippen molar-refractivity contribution in [3.63, 3.8) is 0 Å². The molecule has 0 saturated heterocycles. The summed E-state index contributed by atoms with van der Waals surface area (Å²) in [5.41, 5.74) is 3.80. The van der Waals surface area contributed by atoms with Crippen LogP contribution in [-0.2, 0) is 4.79 Å². The smallest absolute Gasteiger partial charge is 0.236 e. The second-order valence-electron chi connectivity index (χ2n) is 2.58. The predicted molar refractivity (Wildman–Crippen MR) is 50.3 cm³/mol. The van der Waals surface area contributed by atoms with Crippen LogP contribution in [0.2, 0.25) is 0 Å². The first-order chi connectivity index (χ1) is 6.20. The largest absolute Gasteiger partial charge is 0.274 e. The van der Waals surface area contributed by atoms with Crippen LogP contribution >= 0.6 is 0 Å². The number of nitrogens with one attached hydrogen (secondary N) is 1. The molecule has 1 rings (SSSR count). The molecule has 0 atom stereocenters. The molecule has 0 fully saturated rings. The fraction of sp³-hybridized carbons (Fsp3) is 0.222. The zero-order valence-corrected chi connectivity index (χ0v) is 7.61. The summed E-state index contributed by atoms with van der Waals surface area (Å²) in [6.07, 6.45) is 1.68. The van der Waals surface area contributed by atoms with Crippen LogP contribution in [0.25, 0.3) is 0 Å². The third-order valence-corrected chi connectivity index (χ3v) is 1.42. The van der Waals surface area contributed by atoms with E-state index in [0.717, 1.165) is 5.69 Å². The van der Waals surface area contributed by atoms with Crippen molar-refractivity contribution >= 4 is 11.6 Å². The number of carbonyl (C=O) groups is 1. The third kappa shape index (κ3) is 3.02. The summed E-state index contributed by atoms with van der Waals surface area (Å²) < 4.78 is 0. The van der Waals surface area contributed by atoms with E-state index in [1.807, 2.05) is 18.2 Å². The predicted octanol–water partition coefficient (Wildman–Crippen LogP) is 0.942. The summed E-state index contributed by atoms with van der Waals surface area (Å²) in [6, 6.07) is 5.53. The van der Waals surface area contributed by atoms with Gasteiger partial charge in [0.1, 0.15) is 0 Å². The molecule has 1 N–H and O–H groups in total. The lowest BCUT2D eigenvalue weighted by molar-refractivity contribution is -0.118. The first-order valence-electron chi connectivity index (χ1n) is 3.92. The van der Waals surface area contributed by atoms with Crippen molar-refractivity contribution in [3.8, 4) is 0 Å². The van der Waals surface area contributed by atoms with Crippen molar-refractivity contribution in [1.82, 2.24) is 10.4 Å². The average Bonchev–Trinajstić information content (AvgIpc) is 2.15. The quantitative estimate of drug-likeness (QED) is 0.540. The van der Waals surface area contributed by atoms with E-state index >= 15 is 0 Å². The Labute approximate surface area is 76.7 Å². The number of amides is 1. The number of pyridine rings is 1. The topological polar surface area (TPSA) is 54.4 Å². The number of nitrogens with zero attached hydrogens (tertiary/aromatic N) is 2. The van der Waals surface area contributed by atoms with E-state index in [1.165, 1.54) is 6.92 Å². The van der Waals surface area contributed by atoms with Crippen molar-refractivity contribution < 1.29 is 4.79 Å². The van der Waals surface area contributed by atoms with Crippen LogP contribution in [0.3, 0.4) is 0 Å². The molecule has 1 heterocycles. The molecule has 1 aromatic rings. The van der Waals surface area contributed by atoms with Gasteiger partial charge in [0.25, 0.3) is 0 Å². The van der Waals surface area contributed by atoms with Crippen molar-refractivity contribution in [3.05, 3.63) is 30.1 Å². The summed E-state index contributed by atoms with van der Waals surface area (Å²) >= 11 is 0. The van der Waals surface area contributed by atoms with Gasteiger partial charge in [0.05, 0.1) is 11.4 Å². The second kappa shape index (κ2) is 4.35. The minimum absolute atomic E-state index is 0.185. The van der Waals surface area contributed by atoms with Gasteiger partial charge in [-0.2, -0.15) is 5.10 Å². The summed E-state index contributed by atoms with van der Waals surface area (Å²) in [5, 5.41) is 3.85. The van der Waals surface area contributed by atoms with Gasteiger partial charge in [-0.15, -0.1) is 0 Å². The maximum Gasteiger partial charge on any atom is 0.236 e. The highest BCUT2D eigenvalue weighted by Crippen LogP contribution is 1.94. The molecule has 0 unspecified atom stereocenters. The summed E-state index contributed by atoms with van der Waals surface area (Å²) in [4.78, 5) is 14.6. The van der Waals surface area contributed by atoms with Crippen molar-refractivity contribution in [2.45, 2.75) is 13.8 Å². The molecule has 0 saturated carbocycles. The molecule has 68 valence electrons. The second-order valence-corrected chi connectivity index (χ2v) is 2.58. The summed E-state index contributed by atoms with van der Waals surface area (Å²) in [7, 11) is 0. The molecule has 0 aromatic carbocycles. The molecule has 4 heteroatoms. The molecule has 0 bridgehead atoms. The fourth-order valence-corrected chi connectivity index (χ4v) is 0.797. The van der Waals surface area contributed by atoms with Crippen LogP contribution in [0, 0.1) is 0 Å². The fourth-order valence-electron chi connectivity index (χ4n) is 0.797. The van der Waals surface area contributed by atoms with Crippen LogP contribution in [0.4, 0.5) is 0 Å². The van der Waals surface area contributed by atoms with E-state index in [-0.39, 0.29) is 5.91 Å². The van der Waals surface area contributed by atoms with Crippen LogP contribution in [0.15, 0.2) is 29.5 Å². The molecule has 0 aliphatic rings. The van der Waals surface area contributed by atoms with E-state index in [4.69, 9.17) is 0 Å². The van der Waals surface area contributed by atoms with Gasteiger partial charge in [0.2, 0.25) is 5.91 Å². The normalized spacial score (nSPS) is 11.1. The van der Waals surface area contributed by atoms with Gasteiger partial charge >= 0.3 is 0 Å². The minimum Gasteiger partial charge on any atom is -0.274 e. The third-order valence-electron chi connectivity index (χ3n) is 1.42. The Kier molecular flexibility index (Phi) is 3.14. The number of carbonyl (C=O) groups excluding carboxylic acids is 1. The Morgan fingerprint density at radius 2 is 2.23 bits per heavy atom. The molecular formula is C9H11N3O. The van der Waals surface area contributed by atoms with Crippen LogP contribution in [-0.4, -0.2) is 16.6 Å². The van der Waals surface area contributed by atoms with Crippen molar-refractivity contribution in [2.75, 3.05) is 0 Å². The van der Waals surface area contributed by atoms with Crippen LogP contribution in [0.1, 0.15) is 19.5 Å². The monoisotopic (exact) mass is 177 g/mol. The summed E-state index contributed by atoms with van der Waals surface area (Å²) in [6.45, 7) is 3.20. The van der Waals surface area contributed by atoms with Gasteiger partial charge < -0.3 is 0 Å². The van der Waals surface area contributed by atoms with Gasteiger partial charge in [0, 0.05) is 13.1 Å². The van der Waals surface area contributed by atoms with Crippen molar-refractivity contribution in [1.29, 1.82) is 0 Å². The molecule has 0 aliphatic heterocycles. The highest BCUT2D eigenvalue weighted by molar-refractivity contribution is 5.97. The zero-order valence-electron chi connectivity index (χ0n) is 7.61. The first-order valence-corrected chi connectivity index (χ1v) is 3.92. The Hall–Kier alpha value is -1.71. The summed E-state index contributed by atoms with van der Waals surface area (Å²) in [5.74, 6) is -0.185. The lowest BCUT2D eigenvalue weighted by Gasteiger charge is -1.98. The SMILES string of the molecule is CC(=O)NN=C(C)c1ccccn1. The van der Waals surface area contributed by atoms with E-state index < -0.39 is 0 Å². The highest BCUT2D eigenvalue weighted by atomic mass is 16.2. The number of hydrogen-bond acceptors (Lipinski definition) is 3. The number of hydrazone groups is 1. The molecule has 0 radical (unpaired) electrons. The van der Waals surface area contributed by atoms with E-state index in [0.29, 0.717) is 5.71 Å². The Morgan fingerprint density at radius 3 is 2.77 bits per heavy atom. The molecule has 13 heavy (non-hydrogen) atoms. The molecule has 1 amide bonds. The number of rotatable bonds is 2. The lowest BCUT2D eigenvalue weighted by Crippen LogP contribution is -2.15. The van der Waals surface area contributed by atoms with Gasteiger partial charge in [-0.3, -0.25) is 9.78 Å². The molecular weight excluding hydrogens is 166 g/mol. The zero-order chi connectivity index (χ0) is 9.68. The van der Waals surface area contributed by atoms with E-state index in [1.54, 1.807) is 13.1 Å². The van der Waals surface area contributed by atoms with E-state index in [9.17, 15) is 4.79 Å². The first kappa shape index (κ1) is 9.38. The lowest BCUT2D eigenvalue weighted by atomic mass is 10.3. The number of aromatic nitrogens is 1. The minimum atomic E-state index is -0.185. The average molecular weight is 177 g/mol. The maximum atomic E-state index is 10.5. The van der Waals surface area contributed by atoms with Crippen LogP contribution in [0.5, 0.6) is 0 Å². The molecule has 0 aliphatic carbocycles. The highest BCUT2D eigenvalue weighted by Gasteiger charge is 1.96. The van der Waals surface area contributed by atoms with Gasteiger partial charge in [0.15, 0.2) is 0 Å². The van der Waals surface area contributed by atoms with Gasteiger partial charge in [-0.05, 0) is 19.1 Å². The molecule has 0 spiro atoms. The standard InChI is InChI=1S/C9H11N3O/c1-7(11-12-8(2)13)9-5-3-4-6-10-9/h3-6H,1-2H3,(H,12,13). The Bertz CT molecular complexity index is 319. The van der Waals surface area contributed by atoms with Gasteiger partial charge in [-0.1, -0.05) is 6.07 Å².